The highest BCUT2D eigenvalue weighted by Gasteiger charge is 2.24. The molecule has 1 aromatic carbocycles. The second kappa shape index (κ2) is 8.56. The Morgan fingerprint density at radius 1 is 1.32 bits per heavy atom. The summed E-state index contributed by atoms with van der Waals surface area (Å²) in [6, 6.07) is 7.65. The van der Waals surface area contributed by atoms with Gasteiger partial charge >= 0.3 is 5.97 Å². The third kappa shape index (κ3) is 4.14. The molecule has 0 aliphatic carbocycles. The van der Waals surface area contributed by atoms with Gasteiger partial charge in [-0.3, -0.25) is 4.79 Å². The van der Waals surface area contributed by atoms with Crippen molar-refractivity contribution in [2.75, 3.05) is 12.4 Å². The van der Waals surface area contributed by atoms with Gasteiger partial charge in [0, 0.05) is 30.3 Å². The number of aryl methyl sites for hydroxylation is 1. The van der Waals surface area contributed by atoms with Crippen molar-refractivity contribution in [3.05, 3.63) is 71.1 Å². The average Bonchev–Trinajstić information content (AvgIpc) is 3.29. The summed E-state index contributed by atoms with van der Waals surface area (Å²) in [5.41, 5.74) is 3.91. The van der Waals surface area contributed by atoms with Gasteiger partial charge < -0.3 is 19.6 Å². The molecule has 7 heteroatoms. The standard InChI is InChI=1S/C21H24N4O3/c1-4-6-17-18(21(27)28-3)14(2)23-19(17)20(26)24-16-8-5-7-15(11-16)12-25-10-9-22-13-25/h5,7-11,13,23H,4,6,12H2,1-3H3,(H,24,26). The number of carbonyl (C=O) groups is 2. The minimum Gasteiger partial charge on any atom is -0.465 e. The second-order valence-electron chi connectivity index (χ2n) is 6.61. The van der Waals surface area contributed by atoms with Crippen LogP contribution in [0, 0.1) is 6.92 Å². The molecule has 2 aromatic heterocycles. The maximum atomic E-state index is 12.9. The van der Waals surface area contributed by atoms with Gasteiger partial charge in [0.25, 0.3) is 5.91 Å². The van der Waals surface area contributed by atoms with Crippen molar-refractivity contribution in [3.63, 3.8) is 0 Å². The molecule has 0 atom stereocenters. The van der Waals surface area contributed by atoms with E-state index in [-0.39, 0.29) is 5.91 Å². The van der Waals surface area contributed by atoms with E-state index in [1.165, 1.54) is 7.11 Å². The molecule has 1 amide bonds. The van der Waals surface area contributed by atoms with E-state index in [4.69, 9.17) is 4.74 Å². The van der Waals surface area contributed by atoms with E-state index in [1.54, 1.807) is 19.4 Å². The molecular formula is C21H24N4O3. The van der Waals surface area contributed by atoms with E-state index < -0.39 is 5.97 Å². The van der Waals surface area contributed by atoms with Crippen LogP contribution in [0.2, 0.25) is 0 Å². The predicted octanol–water partition coefficient (Wildman–Crippen LogP) is 3.56. The molecular weight excluding hydrogens is 356 g/mol. The Balaban J connectivity index is 1.84. The normalized spacial score (nSPS) is 10.7. The number of nitrogens with zero attached hydrogens (tertiary/aromatic N) is 2. The first-order valence-corrected chi connectivity index (χ1v) is 9.19. The number of rotatable bonds is 7. The lowest BCUT2D eigenvalue weighted by Crippen LogP contribution is -2.15. The van der Waals surface area contributed by atoms with Crippen molar-refractivity contribution in [1.82, 2.24) is 14.5 Å². The van der Waals surface area contributed by atoms with Crippen molar-refractivity contribution in [1.29, 1.82) is 0 Å². The molecule has 0 fully saturated rings. The van der Waals surface area contributed by atoms with E-state index in [1.807, 2.05) is 42.0 Å². The van der Waals surface area contributed by atoms with Crippen LogP contribution in [0.4, 0.5) is 5.69 Å². The second-order valence-corrected chi connectivity index (χ2v) is 6.61. The number of carbonyl (C=O) groups excluding carboxylic acids is 2. The van der Waals surface area contributed by atoms with E-state index >= 15 is 0 Å². The molecule has 0 saturated carbocycles. The molecule has 3 rings (SSSR count). The summed E-state index contributed by atoms with van der Waals surface area (Å²) in [6.07, 6.45) is 6.78. The molecule has 0 unspecified atom stereocenters. The zero-order chi connectivity index (χ0) is 20.1. The van der Waals surface area contributed by atoms with Crippen LogP contribution >= 0.6 is 0 Å². The predicted molar refractivity (Wildman–Crippen MR) is 107 cm³/mol. The van der Waals surface area contributed by atoms with Gasteiger partial charge in [0.05, 0.1) is 19.0 Å². The fraction of sp³-hybridized carbons (Fsp3) is 0.286. The zero-order valence-corrected chi connectivity index (χ0v) is 16.3. The summed E-state index contributed by atoms with van der Waals surface area (Å²) in [5, 5.41) is 2.93. The van der Waals surface area contributed by atoms with Crippen LogP contribution in [0.25, 0.3) is 0 Å². The molecule has 0 aliphatic rings. The van der Waals surface area contributed by atoms with E-state index in [2.05, 4.69) is 15.3 Å². The number of hydrogen-bond acceptors (Lipinski definition) is 4. The third-order valence-electron chi connectivity index (χ3n) is 4.52. The molecule has 0 saturated heterocycles. The Hall–Kier alpha value is -3.35. The molecule has 146 valence electrons. The minimum absolute atomic E-state index is 0.276. The van der Waals surface area contributed by atoms with Crippen LogP contribution in [-0.4, -0.2) is 33.5 Å². The number of amides is 1. The molecule has 7 nitrogen and oxygen atoms in total. The monoisotopic (exact) mass is 380 g/mol. The Kier molecular flexibility index (Phi) is 5.93. The van der Waals surface area contributed by atoms with E-state index in [9.17, 15) is 9.59 Å². The maximum Gasteiger partial charge on any atom is 0.339 e. The average molecular weight is 380 g/mol. The number of aromatic amines is 1. The van der Waals surface area contributed by atoms with Crippen molar-refractivity contribution in [2.24, 2.45) is 0 Å². The number of anilines is 1. The molecule has 0 radical (unpaired) electrons. The van der Waals surface area contributed by atoms with Crippen molar-refractivity contribution < 1.29 is 14.3 Å². The summed E-state index contributed by atoms with van der Waals surface area (Å²) in [6.45, 7) is 4.44. The van der Waals surface area contributed by atoms with Crippen LogP contribution in [0.1, 0.15) is 51.0 Å². The summed E-state index contributed by atoms with van der Waals surface area (Å²) >= 11 is 0. The van der Waals surface area contributed by atoms with Gasteiger partial charge in [-0.25, -0.2) is 9.78 Å². The summed E-state index contributed by atoms with van der Waals surface area (Å²) in [4.78, 5) is 32.1. The van der Waals surface area contributed by atoms with Crippen LogP contribution in [-0.2, 0) is 17.7 Å². The quantitative estimate of drug-likeness (QED) is 0.614. The lowest BCUT2D eigenvalue weighted by Gasteiger charge is -2.09. The number of H-pyrrole nitrogens is 1. The Labute approximate surface area is 163 Å². The minimum atomic E-state index is -0.432. The van der Waals surface area contributed by atoms with Gasteiger partial charge in [0.2, 0.25) is 0 Å². The number of methoxy groups -OCH3 is 1. The van der Waals surface area contributed by atoms with Gasteiger partial charge in [0.15, 0.2) is 0 Å². The van der Waals surface area contributed by atoms with E-state index in [0.717, 1.165) is 12.0 Å². The molecule has 2 N–H and O–H groups in total. The number of imidazole rings is 1. The summed E-state index contributed by atoms with van der Waals surface area (Å²) in [5.74, 6) is -0.708. The highest BCUT2D eigenvalue weighted by Crippen LogP contribution is 2.23. The van der Waals surface area contributed by atoms with Crippen molar-refractivity contribution in [3.8, 4) is 0 Å². The van der Waals surface area contributed by atoms with E-state index in [0.29, 0.717) is 41.2 Å². The number of hydrogen-bond donors (Lipinski definition) is 2. The van der Waals surface area contributed by atoms with Crippen LogP contribution in [0.3, 0.4) is 0 Å². The lowest BCUT2D eigenvalue weighted by atomic mass is 10.0. The fourth-order valence-corrected chi connectivity index (χ4v) is 3.28. The molecule has 0 aliphatic heterocycles. The molecule has 3 aromatic rings. The van der Waals surface area contributed by atoms with Gasteiger partial charge in [-0.15, -0.1) is 0 Å². The summed E-state index contributed by atoms with van der Waals surface area (Å²) in [7, 11) is 1.34. The number of aromatic nitrogens is 3. The molecule has 2 heterocycles. The third-order valence-corrected chi connectivity index (χ3v) is 4.52. The first kappa shape index (κ1) is 19.4. The first-order chi connectivity index (χ1) is 13.5. The van der Waals surface area contributed by atoms with Gasteiger partial charge in [0.1, 0.15) is 5.69 Å². The van der Waals surface area contributed by atoms with Crippen LogP contribution < -0.4 is 5.32 Å². The lowest BCUT2D eigenvalue weighted by molar-refractivity contribution is 0.0599. The van der Waals surface area contributed by atoms with Gasteiger partial charge in [-0.1, -0.05) is 25.5 Å². The van der Waals surface area contributed by atoms with Crippen molar-refractivity contribution in [2.45, 2.75) is 33.2 Å². The van der Waals surface area contributed by atoms with Crippen molar-refractivity contribution >= 4 is 17.6 Å². The summed E-state index contributed by atoms with van der Waals surface area (Å²) < 4.78 is 6.84. The topological polar surface area (TPSA) is 89.0 Å². The SMILES string of the molecule is CCCc1c(C(=O)Nc2cccc(Cn3ccnc3)c2)[nH]c(C)c1C(=O)OC. The highest BCUT2D eigenvalue weighted by atomic mass is 16.5. The molecule has 0 bridgehead atoms. The Bertz CT molecular complexity index is 974. The Morgan fingerprint density at radius 3 is 2.82 bits per heavy atom. The maximum absolute atomic E-state index is 12.9. The zero-order valence-electron chi connectivity index (χ0n) is 16.3. The molecule has 28 heavy (non-hydrogen) atoms. The van der Waals surface area contributed by atoms with Gasteiger partial charge in [-0.2, -0.15) is 0 Å². The fourth-order valence-electron chi connectivity index (χ4n) is 3.28. The van der Waals surface area contributed by atoms with Crippen LogP contribution in [0.5, 0.6) is 0 Å². The molecule has 0 spiro atoms. The number of benzene rings is 1. The Morgan fingerprint density at radius 2 is 2.14 bits per heavy atom. The highest BCUT2D eigenvalue weighted by molar-refractivity contribution is 6.07. The number of nitrogens with one attached hydrogen (secondary N) is 2. The first-order valence-electron chi connectivity index (χ1n) is 9.19. The largest absolute Gasteiger partial charge is 0.465 e. The smallest absolute Gasteiger partial charge is 0.339 e. The van der Waals surface area contributed by atoms with Crippen LogP contribution in [0.15, 0.2) is 43.0 Å². The number of ether oxygens (including phenoxy) is 1. The van der Waals surface area contributed by atoms with Gasteiger partial charge in [-0.05, 0) is 36.6 Å². The number of esters is 1.